The minimum atomic E-state index is 0.747. The summed E-state index contributed by atoms with van der Waals surface area (Å²) in [6.45, 7) is 7.10. The Bertz CT molecular complexity index is 788. The molecule has 2 aliphatic heterocycles. The molecule has 0 bridgehead atoms. The molecule has 0 spiro atoms. The average molecular weight is 333 g/mol. The van der Waals surface area contributed by atoms with E-state index in [2.05, 4.69) is 40.1 Å². The standard InChI is InChI=1S/C21H23N3O/c22-14-17-2-1-3-18(12-17)15-23-7-9-24(10-8-23)16-19-4-5-21-20(13-19)6-11-25-21/h1-5,12-13H,6-11,15-16H2. The highest BCUT2D eigenvalue weighted by Gasteiger charge is 2.18. The number of piperazine rings is 1. The van der Waals surface area contributed by atoms with E-state index in [1.165, 1.54) is 16.7 Å². The first kappa shape index (κ1) is 16.1. The van der Waals surface area contributed by atoms with E-state index in [4.69, 9.17) is 10.00 Å². The van der Waals surface area contributed by atoms with Gasteiger partial charge in [0.15, 0.2) is 0 Å². The lowest BCUT2D eigenvalue weighted by atomic mass is 10.1. The molecule has 2 aromatic rings. The zero-order chi connectivity index (χ0) is 17.1. The van der Waals surface area contributed by atoms with Crippen LogP contribution in [0.2, 0.25) is 0 Å². The molecule has 4 nitrogen and oxygen atoms in total. The molecule has 0 atom stereocenters. The van der Waals surface area contributed by atoms with Gasteiger partial charge in [0.2, 0.25) is 0 Å². The Morgan fingerprint density at radius 2 is 1.64 bits per heavy atom. The van der Waals surface area contributed by atoms with Crippen molar-refractivity contribution in [3.63, 3.8) is 0 Å². The van der Waals surface area contributed by atoms with Gasteiger partial charge in [-0.25, -0.2) is 0 Å². The first-order valence-corrected chi connectivity index (χ1v) is 8.98. The minimum Gasteiger partial charge on any atom is -0.493 e. The van der Waals surface area contributed by atoms with Crippen LogP contribution in [0.25, 0.3) is 0 Å². The predicted molar refractivity (Wildman–Crippen MR) is 97.4 cm³/mol. The number of rotatable bonds is 4. The molecule has 0 amide bonds. The number of fused-ring (bicyclic) bond motifs is 1. The lowest BCUT2D eigenvalue weighted by Crippen LogP contribution is -2.45. The highest BCUT2D eigenvalue weighted by atomic mass is 16.5. The second-order valence-corrected chi connectivity index (χ2v) is 6.91. The number of ether oxygens (including phenoxy) is 1. The molecule has 0 N–H and O–H groups in total. The highest BCUT2D eigenvalue weighted by molar-refractivity contribution is 5.39. The molecule has 128 valence electrons. The van der Waals surface area contributed by atoms with Gasteiger partial charge in [-0.05, 0) is 34.9 Å². The van der Waals surface area contributed by atoms with Gasteiger partial charge in [-0.3, -0.25) is 9.80 Å². The molecule has 0 radical (unpaired) electrons. The first-order valence-electron chi connectivity index (χ1n) is 8.98. The molecule has 25 heavy (non-hydrogen) atoms. The van der Waals surface area contributed by atoms with Gasteiger partial charge >= 0.3 is 0 Å². The fraction of sp³-hybridized carbons (Fsp3) is 0.381. The average Bonchev–Trinajstić information content (AvgIpc) is 3.11. The Hall–Kier alpha value is -2.35. The summed E-state index contributed by atoms with van der Waals surface area (Å²) in [5.41, 5.74) is 4.72. The predicted octanol–water partition coefficient (Wildman–Crippen LogP) is 2.81. The lowest BCUT2D eigenvalue weighted by molar-refractivity contribution is 0.122. The van der Waals surface area contributed by atoms with E-state index in [1.54, 1.807) is 0 Å². The van der Waals surface area contributed by atoms with E-state index in [0.717, 1.165) is 63.6 Å². The van der Waals surface area contributed by atoms with Crippen molar-refractivity contribution in [2.24, 2.45) is 0 Å². The fourth-order valence-corrected chi connectivity index (χ4v) is 3.70. The van der Waals surface area contributed by atoms with Crippen LogP contribution in [-0.2, 0) is 19.5 Å². The van der Waals surface area contributed by atoms with E-state index in [9.17, 15) is 0 Å². The van der Waals surface area contributed by atoms with E-state index >= 15 is 0 Å². The third-order valence-electron chi connectivity index (χ3n) is 5.09. The molecular formula is C21H23N3O. The molecule has 4 rings (SSSR count). The second kappa shape index (κ2) is 7.26. The molecule has 0 aliphatic carbocycles. The second-order valence-electron chi connectivity index (χ2n) is 6.91. The normalized spacial score (nSPS) is 17.7. The van der Waals surface area contributed by atoms with Gasteiger partial charge in [0.1, 0.15) is 5.75 Å². The van der Waals surface area contributed by atoms with Crippen LogP contribution in [0.15, 0.2) is 42.5 Å². The first-order chi connectivity index (χ1) is 12.3. The molecule has 1 fully saturated rings. The van der Waals surface area contributed by atoms with Crippen molar-refractivity contribution in [2.75, 3.05) is 32.8 Å². The smallest absolute Gasteiger partial charge is 0.122 e. The molecule has 2 aliphatic rings. The summed E-state index contributed by atoms with van der Waals surface area (Å²) < 4.78 is 5.59. The number of hydrogen-bond donors (Lipinski definition) is 0. The molecule has 2 aromatic carbocycles. The van der Waals surface area contributed by atoms with Gasteiger partial charge in [0.05, 0.1) is 18.2 Å². The fourth-order valence-electron chi connectivity index (χ4n) is 3.70. The van der Waals surface area contributed by atoms with E-state index in [1.807, 2.05) is 18.2 Å². The van der Waals surface area contributed by atoms with Crippen LogP contribution in [0.1, 0.15) is 22.3 Å². The topological polar surface area (TPSA) is 39.5 Å². The molecule has 4 heteroatoms. The van der Waals surface area contributed by atoms with Crippen molar-refractivity contribution >= 4 is 0 Å². The summed E-state index contributed by atoms with van der Waals surface area (Å²) >= 11 is 0. The summed E-state index contributed by atoms with van der Waals surface area (Å²) in [5.74, 6) is 1.06. The summed E-state index contributed by atoms with van der Waals surface area (Å²) in [4.78, 5) is 5.00. The van der Waals surface area contributed by atoms with Crippen LogP contribution >= 0.6 is 0 Å². The Kier molecular flexibility index (Phi) is 4.69. The van der Waals surface area contributed by atoms with E-state index in [0.29, 0.717) is 0 Å². The van der Waals surface area contributed by atoms with Gasteiger partial charge < -0.3 is 4.74 Å². The molecular weight excluding hydrogens is 310 g/mol. The van der Waals surface area contributed by atoms with Crippen LogP contribution in [-0.4, -0.2) is 42.6 Å². The SMILES string of the molecule is N#Cc1cccc(CN2CCN(Cc3ccc4c(c3)CCO4)CC2)c1. The molecule has 0 saturated carbocycles. The Morgan fingerprint density at radius 3 is 2.36 bits per heavy atom. The third-order valence-corrected chi connectivity index (χ3v) is 5.09. The van der Waals surface area contributed by atoms with Crippen molar-refractivity contribution in [1.82, 2.24) is 9.80 Å². The van der Waals surface area contributed by atoms with Gasteiger partial charge in [-0.2, -0.15) is 5.26 Å². The third kappa shape index (κ3) is 3.84. The van der Waals surface area contributed by atoms with E-state index in [-0.39, 0.29) is 0 Å². The molecule has 0 unspecified atom stereocenters. The van der Waals surface area contributed by atoms with Crippen LogP contribution in [0.5, 0.6) is 5.75 Å². The van der Waals surface area contributed by atoms with Crippen molar-refractivity contribution in [3.05, 3.63) is 64.7 Å². The minimum absolute atomic E-state index is 0.747. The van der Waals surface area contributed by atoms with Crippen molar-refractivity contribution < 1.29 is 4.74 Å². The van der Waals surface area contributed by atoms with Crippen LogP contribution in [0.4, 0.5) is 0 Å². The van der Waals surface area contributed by atoms with Gasteiger partial charge in [0, 0.05) is 45.7 Å². The summed E-state index contributed by atoms with van der Waals surface area (Å²) in [6.07, 6.45) is 1.04. The van der Waals surface area contributed by atoms with Crippen molar-refractivity contribution in [3.8, 4) is 11.8 Å². The highest BCUT2D eigenvalue weighted by Crippen LogP contribution is 2.26. The monoisotopic (exact) mass is 333 g/mol. The lowest BCUT2D eigenvalue weighted by Gasteiger charge is -2.34. The molecule has 1 saturated heterocycles. The zero-order valence-electron chi connectivity index (χ0n) is 14.4. The summed E-state index contributed by atoms with van der Waals surface area (Å²) in [6, 6.07) is 16.8. The largest absolute Gasteiger partial charge is 0.493 e. The molecule has 2 heterocycles. The maximum absolute atomic E-state index is 9.02. The van der Waals surface area contributed by atoms with Crippen LogP contribution < -0.4 is 4.74 Å². The maximum atomic E-state index is 9.02. The number of nitrogens with zero attached hydrogens (tertiary/aromatic N) is 3. The van der Waals surface area contributed by atoms with Crippen LogP contribution in [0, 0.1) is 11.3 Å². The Balaban J connectivity index is 1.30. The van der Waals surface area contributed by atoms with Gasteiger partial charge in [-0.1, -0.05) is 24.3 Å². The number of benzene rings is 2. The van der Waals surface area contributed by atoms with Crippen LogP contribution in [0.3, 0.4) is 0 Å². The van der Waals surface area contributed by atoms with Gasteiger partial charge in [0.25, 0.3) is 0 Å². The zero-order valence-corrected chi connectivity index (χ0v) is 14.4. The number of nitriles is 1. The maximum Gasteiger partial charge on any atom is 0.122 e. The van der Waals surface area contributed by atoms with Crippen molar-refractivity contribution in [1.29, 1.82) is 5.26 Å². The van der Waals surface area contributed by atoms with Crippen molar-refractivity contribution in [2.45, 2.75) is 19.5 Å². The Morgan fingerprint density at radius 1 is 0.920 bits per heavy atom. The number of hydrogen-bond acceptors (Lipinski definition) is 4. The molecule has 0 aromatic heterocycles. The summed E-state index contributed by atoms with van der Waals surface area (Å²) in [5, 5.41) is 9.02. The quantitative estimate of drug-likeness (QED) is 0.862. The summed E-state index contributed by atoms with van der Waals surface area (Å²) in [7, 11) is 0. The van der Waals surface area contributed by atoms with E-state index < -0.39 is 0 Å². The van der Waals surface area contributed by atoms with Gasteiger partial charge in [-0.15, -0.1) is 0 Å². The Labute approximate surface area is 149 Å².